The number of imidazole rings is 1. The molecule has 2 aromatic heterocycles. The summed E-state index contributed by atoms with van der Waals surface area (Å²) in [7, 11) is 0. The molecule has 3 rings (SSSR count). The van der Waals surface area contributed by atoms with E-state index >= 15 is 0 Å². The molecule has 0 radical (unpaired) electrons. The monoisotopic (exact) mass is 260 g/mol. The molecule has 0 aliphatic carbocycles. The molecule has 1 saturated heterocycles. The zero-order valence-electron chi connectivity index (χ0n) is 11.3. The smallest absolute Gasteiger partial charge is 0.233 e. The molecule has 0 saturated carbocycles. The van der Waals surface area contributed by atoms with E-state index in [-0.39, 0.29) is 0 Å². The maximum absolute atomic E-state index is 10.1. The van der Waals surface area contributed by atoms with E-state index in [9.17, 15) is 5.11 Å². The van der Waals surface area contributed by atoms with Gasteiger partial charge in [-0.1, -0.05) is 0 Å². The van der Waals surface area contributed by atoms with Gasteiger partial charge in [-0.3, -0.25) is 9.30 Å². The van der Waals surface area contributed by atoms with Crippen LogP contribution in [0.3, 0.4) is 0 Å². The Balaban J connectivity index is 1.70. The van der Waals surface area contributed by atoms with Gasteiger partial charge in [0, 0.05) is 31.7 Å². The third-order valence-corrected chi connectivity index (χ3v) is 3.83. The number of aromatic nitrogens is 3. The van der Waals surface area contributed by atoms with Crippen LogP contribution in [0.25, 0.3) is 5.78 Å². The standard InChI is InChI=1S/C14H20N4O/c1-14(19)4-2-7-17(9-5-14)10-12-11-18-8-3-6-15-13(18)16-12/h3,6,8,11,19H,2,4-5,7,9-10H2,1H3. The van der Waals surface area contributed by atoms with Crippen LogP contribution in [0.1, 0.15) is 31.9 Å². The predicted molar refractivity (Wildman–Crippen MR) is 72.7 cm³/mol. The summed E-state index contributed by atoms with van der Waals surface area (Å²) in [5.41, 5.74) is 0.537. The number of likely N-dealkylation sites (tertiary alicyclic amines) is 1. The Labute approximate surface area is 112 Å². The largest absolute Gasteiger partial charge is 0.390 e. The number of hydrogen-bond acceptors (Lipinski definition) is 4. The topological polar surface area (TPSA) is 53.7 Å². The Morgan fingerprint density at radius 3 is 3.11 bits per heavy atom. The first-order valence-corrected chi connectivity index (χ1v) is 6.86. The lowest BCUT2D eigenvalue weighted by molar-refractivity contribution is 0.0444. The van der Waals surface area contributed by atoms with Gasteiger partial charge < -0.3 is 5.11 Å². The Bertz CT molecular complexity index is 530. The summed E-state index contributed by atoms with van der Waals surface area (Å²) in [4.78, 5) is 11.1. The summed E-state index contributed by atoms with van der Waals surface area (Å²) in [6, 6.07) is 1.90. The maximum atomic E-state index is 10.1. The lowest BCUT2D eigenvalue weighted by atomic mass is 9.98. The molecule has 1 aliphatic rings. The molecule has 1 aliphatic heterocycles. The van der Waals surface area contributed by atoms with Crippen molar-refractivity contribution in [3.05, 3.63) is 30.4 Å². The molecule has 0 aromatic carbocycles. The third-order valence-electron chi connectivity index (χ3n) is 3.83. The highest BCUT2D eigenvalue weighted by molar-refractivity contribution is 5.29. The zero-order valence-corrected chi connectivity index (χ0v) is 11.3. The molecule has 1 N–H and O–H groups in total. The number of nitrogens with zero attached hydrogens (tertiary/aromatic N) is 4. The molecule has 19 heavy (non-hydrogen) atoms. The van der Waals surface area contributed by atoms with Crippen LogP contribution in [0.15, 0.2) is 24.7 Å². The highest BCUT2D eigenvalue weighted by atomic mass is 16.3. The summed E-state index contributed by atoms with van der Waals surface area (Å²) < 4.78 is 1.95. The van der Waals surface area contributed by atoms with Crippen LogP contribution in [0.2, 0.25) is 0 Å². The van der Waals surface area contributed by atoms with Gasteiger partial charge in [0.1, 0.15) is 0 Å². The van der Waals surface area contributed by atoms with Crippen molar-refractivity contribution in [1.82, 2.24) is 19.3 Å². The van der Waals surface area contributed by atoms with Crippen LogP contribution in [0.4, 0.5) is 0 Å². The quantitative estimate of drug-likeness (QED) is 0.888. The van der Waals surface area contributed by atoms with Crippen LogP contribution >= 0.6 is 0 Å². The van der Waals surface area contributed by atoms with Gasteiger partial charge in [-0.05, 0) is 38.8 Å². The lowest BCUT2D eigenvalue weighted by Gasteiger charge is -2.21. The van der Waals surface area contributed by atoms with E-state index < -0.39 is 5.60 Å². The second-order valence-corrected chi connectivity index (χ2v) is 5.69. The van der Waals surface area contributed by atoms with Gasteiger partial charge in [-0.25, -0.2) is 9.97 Å². The minimum Gasteiger partial charge on any atom is -0.390 e. The van der Waals surface area contributed by atoms with Gasteiger partial charge >= 0.3 is 0 Å². The van der Waals surface area contributed by atoms with Crippen molar-refractivity contribution in [2.45, 2.75) is 38.3 Å². The van der Waals surface area contributed by atoms with Gasteiger partial charge in [0.15, 0.2) is 0 Å². The normalized spacial score (nSPS) is 25.6. The number of rotatable bonds is 2. The number of fused-ring (bicyclic) bond motifs is 1. The van der Waals surface area contributed by atoms with Crippen molar-refractivity contribution in [2.75, 3.05) is 13.1 Å². The summed E-state index contributed by atoms with van der Waals surface area (Å²) in [5.74, 6) is 0.749. The molecule has 102 valence electrons. The van der Waals surface area contributed by atoms with E-state index in [2.05, 4.69) is 14.9 Å². The zero-order chi connectivity index (χ0) is 13.3. The molecule has 0 spiro atoms. The second kappa shape index (κ2) is 4.90. The van der Waals surface area contributed by atoms with Crippen molar-refractivity contribution < 1.29 is 5.11 Å². The molecule has 0 amide bonds. The van der Waals surface area contributed by atoms with Crippen LogP contribution in [0, 0.1) is 0 Å². The Hall–Kier alpha value is -1.46. The fraction of sp³-hybridized carbons (Fsp3) is 0.571. The lowest BCUT2D eigenvalue weighted by Crippen LogP contribution is -2.28. The minimum absolute atomic E-state index is 0.505. The molecule has 3 heterocycles. The van der Waals surface area contributed by atoms with Crippen molar-refractivity contribution in [1.29, 1.82) is 0 Å². The van der Waals surface area contributed by atoms with E-state index in [1.165, 1.54) is 0 Å². The van der Waals surface area contributed by atoms with Gasteiger partial charge in [0.2, 0.25) is 5.78 Å². The average molecular weight is 260 g/mol. The van der Waals surface area contributed by atoms with E-state index in [0.29, 0.717) is 0 Å². The SMILES string of the molecule is CC1(O)CCCN(Cc2cn3cccnc3n2)CC1. The molecular formula is C14H20N4O. The summed E-state index contributed by atoms with van der Waals surface area (Å²) in [5, 5.41) is 10.1. The van der Waals surface area contributed by atoms with E-state index in [1.54, 1.807) is 6.20 Å². The van der Waals surface area contributed by atoms with E-state index in [1.807, 2.05) is 29.8 Å². The summed E-state index contributed by atoms with van der Waals surface area (Å²) in [6.45, 7) is 4.72. The van der Waals surface area contributed by atoms with Gasteiger partial charge in [-0.2, -0.15) is 0 Å². The molecule has 1 fully saturated rings. The first-order valence-electron chi connectivity index (χ1n) is 6.86. The predicted octanol–water partition coefficient (Wildman–Crippen LogP) is 1.47. The van der Waals surface area contributed by atoms with Crippen molar-refractivity contribution in [3.8, 4) is 0 Å². The van der Waals surface area contributed by atoms with E-state index in [4.69, 9.17) is 0 Å². The average Bonchev–Trinajstić information content (AvgIpc) is 2.69. The molecule has 1 atom stereocenters. The summed E-state index contributed by atoms with van der Waals surface area (Å²) >= 11 is 0. The first-order chi connectivity index (χ1) is 9.12. The highest BCUT2D eigenvalue weighted by Gasteiger charge is 2.25. The molecular weight excluding hydrogens is 240 g/mol. The van der Waals surface area contributed by atoms with Gasteiger partial charge in [0.05, 0.1) is 11.3 Å². The third kappa shape index (κ3) is 2.93. The number of aliphatic hydroxyl groups is 1. The Morgan fingerprint density at radius 2 is 2.26 bits per heavy atom. The highest BCUT2D eigenvalue weighted by Crippen LogP contribution is 2.22. The van der Waals surface area contributed by atoms with Crippen molar-refractivity contribution >= 4 is 5.78 Å². The van der Waals surface area contributed by atoms with E-state index in [0.717, 1.165) is 50.4 Å². The van der Waals surface area contributed by atoms with Gasteiger partial charge in [0.25, 0.3) is 0 Å². The van der Waals surface area contributed by atoms with Gasteiger partial charge in [-0.15, -0.1) is 0 Å². The van der Waals surface area contributed by atoms with Crippen LogP contribution in [-0.2, 0) is 6.54 Å². The Kier molecular flexibility index (Phi) is 3.24. The van der Waals surface area contributed by atoms with Crippen molar-refractivity contribution in [2.24, 2.45) is 0 Å². The molecule has 5 nitrogen and oxygen atoms in total. The van der Waals surface area contributed by atoms with Crippen LogP contribution in [-0.4, -0.2) is 43.1 Å². The Morgan fingerprint density at radius 1 is 1.37 bits per heavy atom. The molecule has 5 heteroatoms. The first kappa shape index (κ1) is 12.6. The number of hydrogen-bond donors (Lipinski definition) is 1. The summed E-state index contributed by atoms with van der Waals surface area (Å²) in [6.07, 6.45) is 8.51. The molecule has 2 aromatic rings. The fourth-order valence-corrected chi connectivity index (χ4v) is 2.66. The fourth-order valence-electron chi connectivity index (χ4n) is 2.66. The second-order valence-electron chi connectivity index (χ2n) is 5.69. The molecule has 0 bridgehead atoms. The minimum atomic E-state index is -0.505. The van der Waals surface area contributed by atoms with Crippen LogP contribution in [0.5, 0.6) is 0 Å². The molecule has 1 unspecified atom stereocenters. The maximum Gasteiger partial charge on any atom is 0.233 e. The van der Waals surface area contributed by atoms with Crippen molar-refractivity contribution in [3.63, 3.8) is 0 Å². The van der Waals surface area contributed by atoms with Crippen LogP contribution < -0.4 is 0 Å².